The van der Waals surface area contributed by atoms with Crippen LogP contribution in [0.25, 0.3) is 0 Å². The fourth-order valence-corrected chi connectivity index (χ4v) is 2.50. The Hall–Kier alpha value is -1.92. The number of benzene rings is 1. The van der Waals surface area contributed by atoms with Crippen LogP contribution in [0.15, 0.2) is 24.3 Å². The van der Waals surface area contributed by atoms with E-state index in [1.807, 2.05) is 6.92 Å². The molecule has 0 bridgehead atoms. The van der Waals surface area contributed by atoms with Gasteiger partial charge in [0.15, 0.2) is 0 Å². The van der Waals surface area contributed by atoms with Gasteiger partial charge >= 0.3 is 0 Å². The monoisotopic (exact) mass is 319 g/mol. The van der Waals surface area contributed by atoms with Crippen molar-refractivity contribution in [2.75, 3.05) is 31.6 Å². The van der Waals surface area contributed by atoms with E-state index in [-0.39, 0.29) is 17.9 Å². The molecule has 1 unspecified atom stereocenters. The van der Waals surface area contributed by atoms with Crippen molar-refractivity contribution in [3.8, 4) is 0 Å². The van der Waals surface area contributed by atoms with E-state index in [9.17, 15) is 9.59 Å². The van der Waals surface area contributed by atoms with Crippen LogP contribution in [0.1, 0.15) is 36.5 Å². The Balaban J connectivity index is 1.83. The van der Waals surface area contributed by atoms with Gasteiger partial charge in [-0.3, -0.25) is 9.59 Å². The molecule has 0 aromatic heterocycles. The van der Waals surface area contributed by atoms with Gasteiger partial charge in [0.05, 0.1) is 6.04 Å². The van der Waals surface area contributed by atoms with Crippen molar-refractivity contribution in [1.29, 1.82) is 0 Å². The standard InChI is InChI=1S/C17H25N3O3/c1-2-23-11-5-10-19-16(21)13-6-3-7-14(12-13)20-17(22)15-8-4-9-18-15/h3,6-7,12,15,18H,2,4-5,8-11H2,1H3,(H,19,21)(H,20,22). The smallest absolute Gasteiger partial charge is 0.251 e. The Morgan fingerprint density at radius 3 is 3.00 bits per heavy atom. The number of hydrogen-bond acceptors (Lipinski definition) is 4. The molecular formula is C17H25N3O3. The first kappa shape index (κ1) is 17.4. The van der Waals surface area contributed by atoms with E-state index in [1.165, 1.54) is 0 Å². The molecule has 6 heteroatoms. The quantitative estimate of drug-likeness (QED) is 0.635. The molecule has 0 radical (unpaired) electrons. The molecule has 0 aliphatic carbocycles. The van der Waals surface area contributed by atoms with Gasteiger partial charge in [0.2, 0.25) is 5.91 Å². The summed E-state index contributed by atoms with van der Waals surface area (Å²) in [6.45, 7) is 4.72. The van der Waals surface area contributed by atoms with Crippen molar-refractivity contribution < 1.29 is 14.3 Å². The molecule has 1 aliphatic rings. The molecule has 0 saturated carbocycles. The summed E-state index contributed by atoms with van der Waals surface area (Å²) in [6.07, 6.45) is 2.65. The lowest BCUT2D eigenvalue weighted by atomic mass is 10.1. The molecule has 2 rings (SSSR count). The van der Waals surface area contributed by atoms with Gasteiger partial charge in [-0.15, -0.1) is 0 Å². The average Bonchev–Trinajstić information content (AvgIpc) is 3.09. The van der Waals surface area contributed by atoms with Crippen LogP contribution in [0.3, 0.4) is 0 Å². The molecule has 23 heavy (non-hydrogen) atoms. The molecule has 0 spiro atoms. The Morgan fingerprint density at radius 2 is 2.26 bits per heavy atom. The van der Waals surface area contributed by atoms with Gasteiger partial charge in [-0.05, 0) is 50.9 Å². The van der Waals surface area contributed by atoms with Gasteiger partial charge < -0.3 is 20.7 Å². The fourth-order valence-electron chi connectivity index (χ4n) is 2.50. The maximum Gasteiger partial charge on any atom is 0.251 e. The van der Waals surface area contributed by atoms with Crippen LogP contribution in [0.4, 0.5) is 5.69 Å². The van der Waals surface area contributed by atoms with Crippen LogP contribution in [0.2, 0.25) is 0 Å². The summed E-state index contributed by atoms with van der Waals surface area (Å²) in [5, 5.41) is 8.87. The number of carbonyl (C=O) groups excluding carboxylic acids is 2. The van der Waals surface area contributed by atoms with E-state index in [1.54, 1.807) is 24.3 Å². The first-order valence-electron chi connectivity index (χ1n) is 8.21. The third-order valence-electron chi connectivity index (χ3n) is 3.72. The predicted octanol–water partition coefficient (Wildman–Crippen LogP) is 1.53. The maximum atomic E-state index is 12.1. The zero-order valence-corrected chi connectivity index (χ0v) is 13.6. The highest BCUT2D eigenvalue weighted by atomic mass is 16.5. The number of nitrogens with one attached hydrogen (secondary N) is 3. The summed E-state index contributed by atoms with van der Waals surface area (Å²) in [4.78, 5) is 24.2. The molecule has 126 valence electrons. The normalized spacial score (nSPS) is 17.0. The van der Waals surface area contributed by atoms with Crippen molar-refractivity contribution >= 4 is 17.5 Å². The first-order chi connectivity index (χ1) is 11.2. The van der Waals surface area contributed by atoms with E-state index in [0.717, 1.165) is 25.8 Å². The zero-order valence-electron chi connectivity index (χ0n) is 13.6. The van der Waals surface area contributed by atoms with Gasteiger partial charge in [0.25, 0.3) is 5.91 Å². The highest BCUT2D eigenvalue weighted by Gasteiger charge is 2.22. The summed E-state index contributed by atoms with van der Waals surface area (Å²) >= 11 is 0. The van der Waals surface area contributed by atoms with Gasteiger partial charge in [0, 0.05) is 31.0 Å². The van der Waals surface area contributed by atoms with Crippen LogP contribution in [-0.2, 0) is 9.53 Å². The van der Waals surface area contributed by atoms with Crippen LogP contribution in [0, 0.1) is 0 Å². The Morgan fingerprint density at radius 1 is 1.39 bits per heavy atom. The molecular weight excluding hydrogens is 294 g/mol. The summed E-state index contributed by atoms with van der Waals surface area (Å²) in [6, 6.07) is 6.86. The number of amides is 2. The third-order valence-corrected chi connectivity index (χ3v) is 3.72. The van der Waals surface area contributed by atoms with Crippen LogP contribution in [-0.4, -0.2) is 44.2 Å². The molecule has 2 amide bonds. The summed E-state index contributed by atoms with van der Waals surface area (Å²) in [5.74, 6) is -0.187. The highest BCUT2D eigenvalue weighted by molar-refractivity contribution is 5.98. The molecule has 6 nitrogen and oxygen atoms in total. The lowest BCUT2D eigenvalue weighted by Crippen LogP contribution is -2.35. The average molecular weight is 319 g/mol. The summed E-state index contributed by atoms with van der Waals surface area (Å²) < 4.78 is 5.23. The van der Waals surface area contributed by atoms with Crippen molar-refractivity contribution in [3.05, 3.63) is 29.8 Å². The molecule has 1 aliphatic heterocycles. The van der Waals surface area contributed by atoms with Crippen LogP contribution in [0.5, 0.6) is 0 Å². The Bertz CT molecular complexity index is 528. The second-order valence-electron chi connectivity index (χ2n) is 5.53. The molecule has 1 fully saturated rings. The van der Waals surface area contributed by atoms with E-state index < -0.39 is 0 Å². The van der Waals surface area contributed by atoms with Crippen molar-refractivity contribution in [3.63, 3.8) is 0 Å². The van der Waals surface area contributed by atoms with E-state index in [4.69, 9.17) is 4.74 Å². The number of rotatable bonds is 8. The molecule has 1 aromatic carbocycles. The lowest BCUT2D eigenvalue weighted by molar-refractivity contribution is -0.117. The summed E-state index contributed by atoms with van der Waals surface area (Å²) in [7, 11) is 0. The Kier molecular flexibility index (Phi) is 7.03. The second kappa shape index (κ2) is 9.27. The minimum absolute atomic E-state index is 0.0447. The van der Waals surface area contributed by atoms with Gasteiger partial charge in [-0.1, -0.05) is 6.07 Å². The Labute approximate surface area is 137 Å². The van der Waals surface area contributed by atoms with Crippen LogP contribution < -0.4 is 16.0 Å². The predicted molar refractivity (Wildman–Crippen MR) is 89.5 cm³/mol. The zero-order chi connectivity index (χ0) is 16.5. The third kappa shape index (κ3) is 5.65. The lowest BCUT2D eigenvalue weighted by Gasteiger charge is -2.12. The molecule has 1 heterocycles. The molecule has 1 saturated heterocycles. The van der Waals surface area contributed by atoms with Crippen molar-refractivity contribution in [2.45, 2.75) is 32.2 Å². The van der Waals surface area contributed by atoms with E-state index in [0.29, 0.717) is 31.0 Å². The van der Waals surface area contributed by atoms with E-state index in [2.05, 4.69) is 16.0 Å². The molecule has 1 atom stereocenters. The second-order valence-corrected chi connectivity index (χ2v) is 5.53. The summed E-state index contributed by atoms with van der Waals surface area (Å²) in [5.41, 5.74) is 1.18. The van der Waals surface area contributed by atoms with Crippen LogP contribution >= 0.6 is 0 Å². The topological polar surface area (TPSA) is 79.5 Å². The minimum atomic E-state index is -0.142. The SMILES string of the molecule is CCOCCCNC(=O)c1cccc(NC(=O)C2CCCN2)c1. The number of ether oxygens (including phenoxy) is 1. The molecule has 1 aromatic rings. The van der Waals surface area contributed by atoms with Gasteiger partial charge in [-0.25, -0.2) is 0 Å². The molecule has 3 N–H and O–H groups in total. The van der Waals surface area contributed by atoms with Crippen molar-refractivity contribution in [2.24, 2.45) is 0 Å². The number of anilines is 1. The van der Waals surface area contributed by atoms with Gasteiger partial charge in [0.1, 0.15) is 0 Å². The van der Waals surface area contributed by atoms with Gasteiger partial charge in [-0.2, -0.15) is 0 Å². The first-order valence-corrected chi connectivity index (χ1v) is 8.21. The number of hydrogen-bond donors (Lipinski definition) is 3. The largest absolute Gasteiger partial charge is 0.382 e. The van der Waals surface area contributed by atoms with E-state index >= 15 is 0 Å². The van der Waals surface area contributed by atoms with Crippen molar-refractivity contribution in [1.82, 2.24) is 10.6 Å². The maximum absolute atomic E-state index is 12.1. The highest BCUT2D eigenvalue weighted by Crippen LogP contribution is 2.13. The fraction of sp³-hybridized carbons (Fsp3) is 0.529. The number of carbonyl (C=O) groups is 2. The minimum Gasteiger partial charge on any atom is -0.382 e.